The monoisotopic (exact) mass is 273 g/mol. The van der Waals surface area contributed by atoms with Gasteiger partial charge in [0.05, 0.1) is 0 Å². The van der Waals surface area contributed by atoms with Crippen molar-refractivity contribution in [2.24, 2.45) is 5.11 Å². The number of hydrogen-bond acceptors (Lipinski definition) is 2. The summed E-state index contributed by atoms with van der Waals surface area (Å²) < 4.78 is 0. The molecule has 21 heavy (non-hydrogen) atoms. The van der Waals surface area contributed by atoms with Crippen LogP contribution in [0.4, 0.5) is 0 Å². The van der Waals surface area contributed by atoms with Gasteiger partial charge in [0.15, 0.2) is 5.78 Å². The molecule has 1 aliphatic carbocycles. The van der Waals surface area contributed by atoms with E-state index in [1.807, 2.05) is 42.5 Å². The second-order valence-electron chi connectivity index (χ2n) is 4.64. The Labute approximate surface area is 122 Å². The third-order valence-electron chi connectivity index (χ3n) is 3.36. The van der Waals surface area contributed by atoms with Gasteiger partial charge in [-0.05, 0) is 28.8 Å². The summed E-state index contributed by atoms with van der Waals surface area (Å²) in [6.45, 7) is 0.360. The van der Waals surface area contributed by atoms with Crippen LogP contribution in [0.1, 0.15) is 27.9 Å². The standard InChI is InChI=1S/C17H11N3O/c18-20-19-10-4-3-5-12-8-9-14-13-6-1-2-7-15(13)17(21)16(14)11-12/h1-2,6-9,11H,4,10H2. The van der Waals surface area contributed by atoms with Crippen molar-refractivity contribution in [3.05, 3.63) is 69.6 Å². The summed E-state index contributed by atoms with van der Waals surface area (Å²) in [6.07, 6.45) is 0.509. The van der Waals surface area contributed by atoms with Crippen LogP contribution in [0.3, 0.4) is 0 Å². The molecule has 4 nitrogen and oxygen atoms in total. The van der Waals surface area contributed by atoms with Gasteiger partial charge in [-0.25, -0.2) is 0 Å². The fourth-order valence-corrected chi connectivity index (χ4v) is 2.42. The molecule has 0 saturated heterocycles. The van der Waals surface area contributed by atoms with Gasteiger partial charge < -0.3 is 0 Å². The maximum absolute atomic E-state index is 12.4. The highest BCUT2D eigenvalue weighted by Crippen LogP contribution is 2.36. The molecule has 0 spiro atoms. The van der Waals surface area contributed by atoms with Crippen LogP contribution in [0, 0.1) is 11.8 Å². The molecule has 0 fully saturated rings. The lowest BCUT2D eigenvalue weighted by Crippen LogP contribution is -1.95. The van der Waals surface area contributed by atoms with Gasteiger partial charge >= 0.3 is 0 Å². The lowest BCUT2D eigenvalue weighted by Gasteiger charge is -1.99. The SMILES string of the molecule is [N-]=[N+]=NCCC#Cc1ccc2c(c1)C(=O)c1ccccc1-2. The molecule has 0 amide bonds. The summed E-state index contributed by atoms with van der Waals surface area (Å²) in [6, 6.07) is 13.3. The van der Waals surface area contributed by atoms with E-state index in [2.05, 4.69) is 21.9 Å². The largest absolute Gasteiger partial charge is 0.289 e. The third kappa shape index (κ3) is 2.38. The van der Waals surface area contributed by atoms with Crippen LogP contribution < -0.4 is 0 Å². The van der Waals surface area contributed by atoms with Gasteiger partial charge in [0, 0.05) is 34.6 Å². The average molecular weight is 273 g/mol. The predicted molar refractivity (Wildman–Crippen MR) is 80.8 cm³/mol. The zero-order chi connectivity index (χ0) is 14.7. The summed E-state index contributed by atoms with van der Waals surface area (Å²) in [5, 5.41) is 3.42. The zero-order valence-electron chi connectivity index (χ0n) is 11.2. The van der Waals surface area contributed by atoms with Crippen molar-refractivity contribution in [3.63, 3.8) is 0 Å². The number of nitrogens with zero attached hydrogens (tertiary/aromatic N) is 3. The van der Waals surface area contributed by atoms with Gasteiger partial charge in [-0.2, -0.15) is 0 Å². The van der Waals surface area contributed by atoms with E-state index in [4.69, 9.17) is 5.53 Å². The Hall–Kier alpha value is -3.02. The van der Waals surface area contributed by atoms with E-state index < -0.39 is 0 Å². The van der Waals surface area contributed by atoms with E-state index in [1.165, 1.54) is 0 Å². The average Bonchev–Trinajstić information content (AvgIpc) is 2.81. The molecular weight excluding hydrogens is 262 g/mol. The molecule has 100 valence electrons. The number of rotatable bonds is 2. The molecule has 4 heteroatoms. The molecule has 0 heterocycles. The topological polar surface area (TPSA) is 65.8 Å². The highest BCUT2D eigenvalue weighted by molar-refractivity contribution is 6.21. The second kappa shape index (κ2) is 5.54. The van der Waals surface area contributed by atoms with Crippen LogP contribution >= 0.6 is 0 Å². The molecule has 2 aromatic carbocycles. The summed E-state index contributed by atoms with van der Waals surface area (Å²) in [4.78, 5) is 15.0. The number of benzene rings is 2. The first kappa shape index (κ1) is 13.0. The van der Waals surface area contributed by atoms with E-state index in [-0.39, 0.29) is 5.78 Å². The highest BCUT2D eigenvalue weighted by atomic mass is 16.1. The van der Waals surface area contributed by atoms with Crippen LogP contribution in [0.25, 0.3) is 21.6 Å². The quantitative estimate of drug-likeness (QED) is 0.229. The normalized spacial score (nSPS) is 11.0. The first-order valence-electron chi connectivity index (χ1n) is 6.59. The number of carbonyl (C=O) groups excluding carboxylic acids is 1. The van der Waals surface area contributed by atoms with Crippen molar-refractivity contribution >= 4 is 5.78 Å². The fraction of sp³-hybridized carbons (Fsp3) is 0.118. The molecule has 0 bridgehead atoms. The third-order valence-corrected chi connectivity index (χ3v) is 3.36. The van der Waals surface area contributed by atoms with Crippen molar-refractivity contribution in [1.29, 1.82) is 0 Å². The molecule has 1 aliphatic rings. The Bertz CT molecular complexity index is 837. The Morgan fingerprint density at radius 2 is 1.81 bits per heavy atom. The maximum Gasteiger partial charge on any atom is 0.194 e. The lowest BCUT2D eigenvalue weighted by atomic mass is 10.0. The van der Waals surface area contributed by atoms with Crippen molar-refractivity contribution in [2.75, 3.05) is 6.54 Å². The van der Waals surface area contributed by atoms with Gasteiger partial charge in [-0.3, -0.25) is 4.79 Å². The molecule has 0 aliphatic heterocycles. The van der Waals surface area contributed by atoms with Crippen molar-refractivity contribution in [3.8, 4) is 23.0 Å². The molecule has 0 aromatic heterocycles. The lowest BCUT2D eigenvalue weighted by molar-refractivity contribution is 0.104. The van der Waals surface area contributed by atoms with Gasteiger partial charge in [0.1, 0.15) is 0 Å². The number of fused-ring (bicyclic) bond motifs is 3. The summed E-state index contributed by atoms with van der Waals surface area (Å²) in [5.74, 6) is 5.99. The Kier molecular flexibility index (Phi) is 3.42. The summed E-state index contributed by atoms with van der Waals surface area (Å²) in [7, 11) is 0. The van der Waals surface area contributed by atoms with E-state index in [0.717, 1.165) is 22.3 Å². The van der Waals surface area contributed by atoms with Crippen LogP contribution in [0.2, 0.25) is 0 Å². The van der Waals surface area contributed by atoms with Gasteiger partial charge in [-0.15, -0.1) is 0 Å². The minimum Gasteiger partial charge on any atom is -0.289 e. The smallest absolute Gasteiger partial charge is 0.194 e. The molecule has 2 aromatic rings. The first-order chi connectivity index (χ1) is 10.3. The molecule has 0 saturated carbocycles. The minimum absolute atomic E-state index is 0.0540. The van der Waals surface area contributed by atoms with E-state index >= 15 is 0 Å². The Balaban J connectivity index is 1.90. The molecule has 0 atom stereocenters. The maximum atomic E-state index is 12.4. The minimum atomic E-state index is 0.0540. The first-order valence-corrected chi connectivity index (χ1v) is 6.59. The van der Waals surface area contributed by atoms with Crippen molar-refractivity contribution in [1.82, 2.24) is 0 Å². The number of azide groups is 1. The Morgan fingerprint density at radius 1 is 1.05 bits per heavy atom. The van der Waals surface area contributed by atoms with E-state index in [0.29, 0.717) is 18.5 Å². The molecule has 0 N–H and O–H groups in total. The zero-order valence-corrected chi connectivity index (χ0v) is 11.2. The second-order valence-corrected chi connectivity index (χ2v) is 4.64. The van der Waals surface area contributed by atoms with Crippen LogP contribution in [0.5, 0.6) is 0 Å². The number of carbonyl (C=O) groups is 1. The molecule has 0 radical (unpaired) electrons. The van der Waals surface area contributed by atoms with Gasteiger partial charge in [-0.1, -0.05) is 47.3 Å². The molecule has 3 rings (SSSR count). The number of hydrogen-bond donors (Lipinski definition) is 0. The van der Waals surface area contributed by atoms with Crippen molar-refractivity contribution in [2.45, 2.75) is 6.42 Å². The molecular formula is C17H11N3O. The van der Waals surface area contributed by atoms with E-state index in [9.17, 15) is 4.79 Å². The van der Waals surface area contributed by atoms with Crippen LogP contribution in [0.15, 0.2) is 47.6 Å². The highest BCUT2D eigenvalue weighted by Gasteiger charge is 2.25. The van der Waals surface area contributed by atoms with Gasteiger partial charge in [0.25, 0.3) is 0 Å². The summed E-state index contributed by atoms with van der Waals surface area (Å²) >= 11 is 0. The molecule has 0 unspecified atom stereocenters. The predicted octanol–water partition coefficient (Wildman–Crippen LogP) is 3.95. The summed E-state index contributed by atoms with van der Waals surface area (Å²) in [5.41, 5.74) is 12.4. The van der Waals surface area contributed by atoms with Crippen molar-refractivity contribution < 1.29 is 4.79 Å². The van der Waals surface area contributed by atoms with E-state index in [1.54, 1.807) is 0 Å². The van der Waals surface area contributed by atoms with Crippen LogP contribution in [-0.4, -0.2) is 12.3 Å². The van der Waals surface area contributed by atoms with Crippen LogP contribution in [-0.2, 0) is 0 Å². The Morgan fingerprint density at radius 3 is 2.62 bits per heavy atom. The van der Waals surface area contributed by atoms with Gasteiger partial charge in [0.2, 0.25) is 0 Å². The fourth-order valence-electron chi connectivity index (χ4n) is 2.42. The number of ketones is 1.